The minimum Gasteiger partial charge on any atom is -0.477 e. The number of thioether (sulfide) groups is 2. The number of β-lactam (4-membered cyclic amide) rings is 1. The Morgan fingerprint density at radius 1 is 1.32 bits per heavy atom. The number of nitrogens with one attached hydrogen (secondary N) is 2. The molecule has 3 N–H and O–H groups in total. The van der Waals surface area contributed by atoms with Crippen LogP contribution in [0.2, 0.25) is 0 Å². The third-order valence-electron chi connectivity index (χ3n) is 4.52. The second-order valence-corrected chi connectivity index (χ2v) is 10.1. The van der Waals surface area contributed by atoms with E-state index >= 15 is 0 Å². The molecule has 1 unspecified atom stereocenters. The summed E-state index contributed by atoms with van der Waals surface area (Å²) in [5.41, 5.74) is 0.949. The molecule has 4 rings (SSSR count). The number of aryl methyl sites for hydroxylation is 1. The van der Waals surface area contributed by atoms with Crippen LogP contribution in [0.3, 0.4) is 0 Å². The third-order valence-corrected chi connectivity index (χ3v) is 7.91. The second-order valence-electron chi connectivity index (χ2n) is 6.63. The van der Waals surface area contributed by atoms with Gasteiger partial charge >= 0.3 is 12.0 Å². The lowest BCUT2D eigenvalue weighted by Gasteiger charge is -2.49. The first-order valence-electron chi connectivity index (χ1n) is 8.99. The number of benzene rings is 1. The van der Waals surface area contributed by atoms with Gasteiger partial charge in [0.25, 0.3) is 5.91 Å². The fourth-order valence-electron chi connectivity index (χ4n) is 3.12. The molecule has 162 valence electrons. The molecule has 0 radical (unpaired) electrons. The van der Waals surface area contributed by atoms with Crippen molar-refractivity contribution in [1.82, 2.24) is 20.4 Å². The van der Waals surface area contributed by atoms with Gasteiger partial charge in [0.1, 0.15) is 27.9 Å². The van der Waals surface area contributed by atoms with Crippen molar-refractivity contribution in [3.05, 3.63) is 46.4 Å². The van der Waals surface area contributed by atoms with Gasteiger partial charge in [-0.05, 0) is 36.8 Å². The predicted octanol–water partition coefficient (Wildman–Crippen LogP) is 2.52. The molecule has 0 bridgehead atoms. The molecule has 1 saturated heterocycles. The van der Waals surface area contributed by atoms with Crippen molar-refractivity contribution in [3.63, 3.8) is 0 Å². The molecule has 1 fully saturated rings. The molecule has 13 heteroatoms. The van der Waals surface area contributed by atoms with Gasteiger partial charge in [0.2, 0.25) is 0 Å². The highest BCUT2D eigenvalue weighted by molar-refractivity contribution is 8.01. The van der Waals surface area contributed by atoms with E-state index in [1.807, 2.05) is 6.92 Å². The number of carboxylic acid groups (broad SMARTS) is 1. The molecule has 2 aliphatic heterocycles. The number of nitrogens with zero attached hydrogens (tertiary/aromatic N) is 3. The highest BCUT2D eigenvalue weighted by Gasteiger charge is 2.54. The standard InChI is InChI=1S/C18H16FN5O4S3/c1-8-22-23-18(31-8)30-7-9-6-29-15-12(14(25)24(15)13(9)16(26)27)21-17(28)20-11-4-2-10(19)3-5-11/h2-5,12,15H,6-7H2,1H3,(H,26,27)(H2,20,21,28)/t12?,15-/m0/s1. The molecule has 2 atom stereocenters. The lowest BCUT2D eigenvalue weighted by atomic mass is 10.0. The molecule has 3 heterocycles. The lowest BCUT2D eigenvalue weighted by Crippen LogP contribution is -2.71. The zero-order chi connectivity index (χ0) is 22.1. The molecule has 31 heavy (non-hydrogen) atoms. The molecule has 3 amide bonds. The summed E-state index contributed by atoms with van der Waals surface area (Å²) in [6.45, 7) is 1.84. The molecule has 1 aromatic carbocycles. The molecule has 2 aliphatic rings. The van der Waals surface area contributed by atoms with Crippen LogP contribution < -0.4 is 10.6 Å². The van der Waals surface area contributed by atoms with Gasteiger partial charge in [-0.15, -0.1) is 22.0 Å². The lowest BCUT2D eigenvalue weighted by molar-refractivity contribution is -0.148. The summed E-state index contributed by atoms with van der Waals surface area (Å²) >= 11 is 4.19. The summed E-state index contributed by atoms with van der Waals surface area (Å²) in [5, 5.41) is 23.1. The maximum Gasteiger partial charge on any atom is 0.352 e. The summed E-state index contributed by atoms with van der Waals surface area (Å²) < 4.78 is 13.7. The number of anilines is 1. The van der Waals surface area contributed by atoms with Crippen molar-refractivity contribution in [2.45, 2.75) is 22.7 Å². The van der Waals surface area contributed by atoms with Gasteiger partial charge in [-0.25, -0.2) is 14.0 Å². The summed E-state index contributed by atoms with van der Waals surface area (Å²) in [4.78, 5) is 38.0. The number of amides is 3. The maximum atomic E-state index is 13.0. The summed E-state index contributed by atoms with van der Waals surface area (Å²) in [6, 6.07) is 3.73. The monoisotopic (exact) mass is 481 g/mol. The number of hydrogen-bond donors (Lipinski definition) is 3. The SMILES string of the molecule is Cc1nnc(SCC2=C(C(=O)O)N3C(=O)C(NC(=O)Nc4ccc(F)cc4)[C@@H]3SC2)s1. The Bertz CT molecular complexity index is 1070. The van der Waals surface area contributed by atoms with E-state index in [1.54, 1.807) is 0 Å². The molecule has 9 nitrogen and oxygen atoms in total. The van der Waals surface area contributed by atoms with E-state index in [0.717, 1.165) is 9.35 Å². The van der Waals surface area contributed by atoms with Crippen LogP contribution in [0.5, 0.6) is 0 Å². The second kappa shape index (κ2) is 8.85. The van der Waals surface area contributed by atoms with E-state index in [9.17, 15) is 23.9 Å². The highest BCUT2D eigenvalue weighted by atomic mass is 32.2. The number of urea groups is 1. The van der Waals surface area contributed by atoms with Gasteiger partial charge in [0.15, 0.2) is 4.34 Å². The average Bonchev–Trinajstić information content (AvgIpc) is 3.16. The molecule has 0 spiro atoms. The van der Waals surface area contributed by atoms with Gasteiger partial charge in [0, 0.05) is 17.2 Å². The van der Waals surface area contributed by atoms with Gasteiger partial charge in [-0.1, -0.05) is 23.1 Å². The molecule has 2 aromatic rings. The quantitative estimate of drug-likeness (QED) is 0.425. The van der Waals surface area contributed by atoms with Crippen LogP contribution in [-0.4, -0.2) is 61.0 Å². The Balaban J connectivity index is 1.42. The summed E-state index contributed by atoms with van der Waals surface area (Å²) in [5.74, 6) is -1.31. The number of carboxylic acids is 1. The van der Waals surface area contributed by atoms with Gasteiger partial charge in [0.05, 0.1) is 0 Å². The zero-order valence-electron chi connectivity index (χ0n) is 16.0. The first kappa shape index (κ1) is 21.6. The Hall–Kier alpha value is -2.64. The van der Waals surface area contributed by atoms with Crippen molar-refractivity contribution in [2.24, 2.45) is 0 Å². The number of fused-ring (bicyclic) bond motifs is 1. The minimum absolute atomic E-state index is 0.0421. The van der Waals surface area contributed by atoms with E-state index in [0.29, 0.717) is 22.8 Å². The Morgan fingerprint density at radius 3 is 2.71 bits per heavy atom. The normalized spacial score (nSPS) is 20.2. The van der Waals surface area contributed by atoms with Crippen LogP contribution >= 0.6 is 34.9 Å². The Kier molecular flexibility index (Phi) is 6.16. The van der Waals surface area contributed by atoms with Crippen molar-refractivity contribution in [2.75, 3.05) is 16.8 Å². The zero-order valence-corrected chi connectivity index (χ0v) is 18.4. The smallest absolute Gasteiger partial charge is 0.352 e. The summed E-state index contributed by atoms with van der Waals surface area (Å²) in [7, 11) is 0. The van der Waals surface area contributed by atoms with Gasteiger partial charge in [-0.2, -0.15) is 0 Å². The van der Waals surface area contributed by atoms with Crippen LogP contribution in [0.1, 0.15) is 5.01 Å². The van der Waals surface area contributed by atoms with E-state index in [-0.39, 0.29) is 5.70 Å². The van der Waals surface area contributed by atoms with Crippen LogP contribution in [0.15, 0.2) is 39.9 Å². The fraction of sp³-hybridized carbons (Fsp3) is 0.278. The van der Waals surface area contributed by atoms with E-state index in [4.69, 9.17) is 0 Å². The fourth-order valence-corrected chi connectivity index (χ4v) is 6.42. The molecule has 1 aromatic heterocycles. The Labute approximate surface area is 188 Å². The maximum absolute atomic E-state index is 13.0. The average molecular weight is 482 g/mol. The first-order valence-corrected chi connectivity index (χ1v) is 11.8. The number of halogens is 1. The number of aliphatic carboxylic acids is 1. The minimum atomic E-state index is -1.18. The van der Waals surface area contributed by atoms with Crippen molar-refractivity contribution < 1.29 is 23.9 Å². The van der Waals surface area contributed by atoms with E-state index in [1.165, 1.54) is 64.0 Å². The number of carbonyl (C=O) groups is 3. The number of carbonyl (C=O) groups excluding carboxylic acids is 2. The third kappa shape index (κ3) is 4.52. The largest absolute Gasteiger partial charge is 0.477 e. The molecule has 0 aliphatic carbocycles. The number of hydrogen-bond acceptors (Lipinski definition) is 8. The van der Waals surface area contributed by atoms with Crippen molar-refractivity contribution >= 4 is 58.5 Å². The van der Waals surface area contributed by atoms with Gasteiger partial charge < -0.3 is 15.7 Å². The predicted molar refractivity (Wildman–Crippen MR) is 115 cm³/mol. The van der Waals surface area contributed by atoms with Gasteiger partial charge in [-0.3, -0.25) is 9.69 Å². The summed E-state index contributed by atoms with van der Waals surface area (Å²) in [6.07, 6.45) is 0. The van der Waals surface area contributed by atoms with Crippen LogP contribution in [0.4, 0.5) is 14.9 Å². The van der Waals surface area contributed by atoms with Crippen LogP contribution in [0.25, 0.3) is 0 Å². The topological polar surface area (TPSA) is 125 Å². The van der Waals surface area contributed by atoms with E-state index in [2.05, 4.69) is 20.8 Å². The number of rotatable bonds is 6. The number of aromatic nitrogens is 2. The Morgan fingerprint density at radius 2 is 2.06 bits per heavy atom. The van der Waals surface area contributed by atoms with Crippen molar-refractivity contribution in [1.29, 1.82) is 0 Å². The molecular formula is C18H16FN5O4S3. The van der Waals surface area contributed by atoms with E-state index < -0.39 is 35.1 Å². The van der Waals surface area contributed by atoms with Crippen molar-refractivity contribution in [3.8, 4) is 0 Å². The van der Waals surface area contributed by atoms with Crippen LogP contribution in [0, 0.1) is 12.7 Å². The molecular weight excluding hydrogens is 465 g/mol. The molecule has 0 saturated carbocycles. The highest BCUT2D eigenvalue weighted by Crippen LogP contribution is 2.41. The first-order chi connectivity index (χ1) is 14.8. The van der Waals surface area contributed by atoms with Crippen LogP contribution in [-0.2, 0) is 9.59 Å².